The highest BCUT2D eigenvalue weighted by molar-refractivity contribution is 6.88. The molecule has 0 heterocycles. The molecule has 0 aliphatic heterocycles. The lowest BCUT2D eigenvalue weighted by Gasteiger charge is -2.39. The fraction of sp³-hybridized carbons (Fsp3) is 0.846. The number of rotatable bonds is 9. The molecule has 0 atom stereocenters. The van der Waals surface area contributed by atoms with E-state index in [2.05, 4.69) is 18.8 Å². The number of methoxy groups -OCH3 is 1. The summed E-state index contributed by atoms with van der Waals surface area (Å²) in [6, 6.07) is 0. The molecular weight excluding hydrogens is 320 g/mol. The molecule has 0 aromatic heterocycles. The van der Waals surface area contributed by atoms with Crippen LogP contribution in [0.5, 0.6) is 0 Å². The van der Waals surface area contributed by atoms with Crippen LogP contribution in [0.3, 0.4) is 0 Å². The maximum Gasteiger partial charge on any atom is 0.325 e. The minimum Gasteiger partial charge on any atom is -0.433 e. The zero-order chi connectivity index (χ0) is 16.9. The van der Waals surface area contributed by atoms with Gasteiger partial charge in [-0.1, -0.05) is 11.8 Å². The molecule has 1 N–H and O–H groups in total. The minimum absolute atomic E-state index is 0.588. The predicted octanol–water partition coefficient (Wildman–Crippen LogP) is 3.12. The van der Waals surface area contributed by atoms with E-state index in [9.17, 15) is 5.11 Å². The van der Waals surface area contributed by atoms with Crippen LogP contribution in [-0.4, -0.2) is 50.0 Å². The molecule has 0 saturated carbocycles. The average Bonchev–Trinajstić information content (AvgIpc) is 2.08. The average molecular weight is 353 g/mol. The van der Waals surface area contributed by atoms with Gasteiger partial charge in [0, 0.05) is 7.11 Å². The van der Waals surface area contributed by atoms with Gasteiger partial charge >= 0.3 is 17.1 Å². The predicted molar refractivity (Wildman–Crippen MR) is 93.0 cm³/mol. The Morgan fingerprint density at radius 2 is 1.48 bits per heavy atom. The van der Waals surface area contributed by atoms with Crippen LogP contribution in [0, 0.1) is 0 Å². The van der Waals surface area contributed by atoms with Gasteiger partial charge in [0.2, 0.25) is 0 Å². The SMILES string of the molecule is COC/C=C/[Si](C)(C)O[Si](C)(C)O[Si](C)(C)OC(C)(C)O. The van der Waals surface area contributed by atoms with E-state index in [1.165, 1.54) is 0 Å². The van der Waals surface area contributed by atoms with Crippen LogP contribution in [0.1, 0.15) is 13.8 Å². The van der Waals surface area contributed by atoms with Crippen LogP contribution in [0.15, 0.2) is 11.8 Å². The summed E-state index contributed by atoms with van der Waals surface area (Å²) in [5.41, 5.74) is 2.11. The third kappa shape index (κ3) is 11.4. The molecule has 0 aromatic rings. The van der Waals surface area contributed by atoms with E-state index in [0.717, 1.165) is 0 Å². The Morgan fingerprint density at radius 3 is 1.90 bits per heavy atom. The Kier molecular flexibility index (Phi) is 7.71. The molecule has 0 fully saturated rings. The van der Waals surface area contributed by atoms with Gasteiger partial charge in [0.05, 0.1) is 6.61 Å². The standard InChI is InChI=1S/C13H32O5Si3/c1-13(2,14)16-20(6,7)18-21(8,9)17-19(4,5)12-10-11-15-3/h10,12,14H,11H2,1-9H3/b12-10+. The zero-order valence-corrected chi connectivity index (χ0v) is 17.9. The van der Waals surface area contributed by atoms with E-state index in [-0.39, 0.29) is 0 Å². The first-order valence-corrected chi connectivity index (χ1v) is 15.8. The van der Waals surface area contributed by atoms with Crippen LogP contribution in [0.4, 0.5) is 0 Å². The molecule has 0 aromatic carbocycles. The summed E-state index contributed by atoms with van der Waals surface area (Å²) in [6.45, 7) is 16.0. The quantitative estimate of drug-likeness (QED) is 0.510. The Labute approximate surface area is 132 Å². The highest BCUT2D eigenvalue weighted by atomic mass is 28.5. The summed E-state index contributed by atoms with van der Waals surface area (Å²) in [5.74, 6) is -1.19. The Morgan fingerprint density at radius 1 is 0.952 bits per heavy atom. The van der Waals surface area contributed by atoms with Crippen LogP contribution in [0.25, 0.3) is 0 Å². The van der Waals surface area contributed by atoms with Gasteiger partial charge in [-0.3, -0.25) is 0 Å². The Balaban J connectivity index is 4.75. The molecule has 0 aliphatic rings. The van der Waals surface area contributed by atoms with Crippen molar-refractivity contribution in [1.29, 1.82) is 0 Å². The highest BCUT2D eigenvalue weighted by Gasteiger charge is 2.42. The molecule has 0 amide bonds. The lowest BCUT2D eigenvalue weighted by Crippen LogP contribution is -2.55. The molecule has 0 rings (SSSR count). The third-order valence-corrected chi connectivity index (χ3v) is 12.3. The van der Waals surface area contributed by atoms with Crippen LogP contribution >= 0.6 is 0 Å². The molecule has 0 spiro atoms. The van der Waals surface area contributed by atoms with Crippen molar-refractivity contribution in [3.05, 3.63) is 11.8 Å². The summed E-state index contributed by atoms with van der Waals surface area (Å²) in [5, 5.41) is 9.82. The molecule has 21 heavy (non-hydrogen) atoms. The van der Waals surface area contributed by atoms with Gasteiger partial charge in [0.15, 0.2) is 14.1 Å². The van der Waals surface area contributed by atoms with Crippen LogP contribution in [0.2, 0.25) is 39.3 Å². The fourth-order valence-electron chi connectivity index (χ4n) is 2.33. The molecule has 0 radical (unpaired) electrons. The maximum absolute atomic E-state index is 9.82. The fourth-order valence-corrected chi connectivity index (χ4v) is 15.0. The molecule has 0 aliphatic carbocycles. The second kappa shape index (κ2) is 7.64. The Hall–Kier alpha value is 0.191. The van der Waals surface area contributed by atoms with E-state index in [1.807, 2.05) is 32.3 Å². The van der Waals surface area contributed by atoms with Gasteiger partial charge in [0.1, 0.15) is 0 Å². The first-order chi connectivity index (χ1) is 9.18. The topological polar surface area (TPSA) is 57.2 Å². The van der Waals surface area contributed by atoms with E-state index >= 15 is 0 Å². The smallest absolute Gasteiger partial charge is 0.325 e. The zero-order valence-electron chi connectivity index (χ0n) is 14.9. The van der Waals surface area contributed by atoms with Crippen molar-refractivity contribution in [3.63, 3.8) is 0 Å². The van der Waals surface area contributed by atoms with E-state index < -0.39 is 31.2 Å². The second-order valence-electron chi connectivity index (χ2n) is 7.01. The number of hydrogen-bond acceptors (Lipinski definition) is 5. The lowest BCUT2D eigenvalue weighted by molar-refractivity contribution is -0.121. The number of aliphatic hydroxyl groups is 1. The van der Waals surface area contributed by atoms with Crippen molar-refractivity contribution in [2.24, 2.45) is 0 Å². The molecule has 0 bridgehead atoms. The summed E-state index contributed by atoms with van der Waals surface area (Å²) in [4.78, 5) is 0. The largest absolute Gasteiger partial charge is 0.433 e. The molecule has 5 nitrogen and oxygen atoms in total. The normalized spacial score (nSPS) is 15.0. The van der Waals surface area contributed by atoms with Crippen LogP contribution < -0.4 is 0 Å². The van der Waals surface area contributed by atoms with Gasteiger partial charge < -0.3 is 22.5 Å². The van der Waals surface area contributed by atoms with Crippen molar-refractivity contribution in [1.82, 2.24) is 0 Å². The van der Waals surface area contributed by atoms with Gasteiger partial charge in [-0.15, -0.1) is 0 Å². The van der Waals surface area contributed by atoms with Gasteiger partial charge in [0.25, 0.3) is 0 Å². The van der Waals surface area contributed by atoms with Crippen LogP contribution in [-0.2, 0) is 17.4 Å². The van der Waals surface area contributed by atoms with E-state index in [0.29, 0.717) is 6.61 Å². The number of ether oxygens (including phenoxy) is 1. The molecule has 0 saturated heterocycles. The molecule has 8 heteroatoms. The number of hydrogen-bond donors (Lipinski definition) is 1. The summed E-state index contributed by atoms with van der Waals surface area (Å²) in [7, 11) is -5.07. The minimum atomic E-state index is -2.45. The van der Waals surface area contributed by atoms with E-state index in [1.54, 1.807) is 21.0 Å². The second-order valence-corrected chi connectivity index (χ2v) is 18.0. The van der Waals surface area contributed by atoms with Gasteiger partial charge in [-0.25, -0.2) is 0 Å². The van der Waals surface area contributed by atoms with Gasteiger partial charge in [-0.05, 0) is 53.1 Å². The maximum atomic E-state index is 9.82. The van der Waals surface area contributed by atoms with Crippen molar-refractivity contribution < 1.29 is 22.5 Å². The van der Waals surface area contributed by atoms with Crippen molar-refractivity contribution in [2.75, 3.05) is 13.7 Å². The lowest BCUT2D eigenvalue weighted by atomic mass is 10.4. The highest BCUT2D eigenvalue weighted by Crippen LogP contribution is 2.24. The molecule has 0 unspecified atom stereocenters. The Bertz CT molecular complexity index is 348. The monoisotopic (exact) mass is 352 g/mol. The summed E-state index contributed by atoms with van der Waals surface area (Å²) < 4.78 is 23.2. The van der Waals surface area contributed by atoms with E-state index in [4.69, 9.17) is 17.4 Å². The summed E-state index contributed by atoms with van der Waals surface area (Å²) in [6.07, 6.45) is 1.99. The summed E-state index contributed by atoms with van der Waals surface area (Å²) >= 11 is 0. The molecule has 126 valence electrons. The van der Waals surface area contributed by atoms with Gasteiger partial charge in [-0.2, -0.15) is 0 Å². The third-order valence-electron chi connectivity index (χ3n) is 2.28. The van der Waals surface area contributed by atoms with Crippen molar-refractivity contribution in [2.45, 2.75) is 58.9 Å². The first-order valence-electron chi connectivity index (χ1n) is 7.18. The van der Waals surface area contributed by atoms with Crippen molar-refractivity contribution in [3.8, 4) is 0 Å². The first kappa shape index (κ1) is 21.2. The molecular formula is C13H32O5Si3. The van der Waals surface area contributed by atoms with Crippen molar-refractivity contribution >= 4 is 25.4 Å².